The molecule has 0 unspecified atom stereocenters. The number of anilines is 2. The number of nitrogens with zero attached hydrogens (tertiary/aromatic N) is 6. The van der Waals surface area contributed by atoms with Crippen LogP contribution in [-0.4, -0.2) is 58.9 Å². The van der Waals surface area contributed by atoms with Crippen LogP contribution in [0.4, 0.5) is 11.6 Å². The summed E-state index contributed by atoms with van der Waals surface area (Å²) in [5.41, 5.74) is 13.8. The minimum atomic E-state index is -1.20. The van der Waals surface area contributed by atoms with E-state index >= 15 is 0 Å². The molecule has 17 heteroatoms. The number of amides is 2. The third-order valence-electron chi connectivity index (χ3n) is 10.7. The van der Waals surface area contributed by atoms with Crippen molar-refractivity contribution >= 4 is 47.6 Å². The van der Waals surface area contributed by atoms with E-state index in [2.05, 4.69) is 70.5 Å². The van der Waals surface area contributed by atoms with Gasteiger partial charge in [-0.1, -0.05) is 88.3 Å². The maximum atomic E-state index is 12.5. The van der Waals surface area contributed by atoms with Gasteiger partial charge in [-0.15, -0.1) is 12.4 Å². The Labute approximate surface area is 390 Å². The summed E-state index contributed by atoms with van der Waals surface area (Å²) in [5, 5.41) is 21.7. The van der Waals surface area contributed by atoms with Crippen LogP contribution >= 0.6 is 12.4 Å². The van der Waals surface area contributed by atoms with Crippen molar-refractivity contribution < 1.29 is 33.3 Å². The van der Waals surface area contributed by atoms with Crippen LogP contribution in [0.1, 0.15) is 129 Å². The summed E-state index contributed by atoms with van der Waals surface area (Å²) in [4.78, 5) is 63.1. The quantitative estimate of drug-likeness (QED) is 0.0837. The van der Waals surface area contributed by atoms with Crippen LogP contribution in [0.5, 0.6) is 0 Å². The third-order valence-corrected chi connectivity index (χ3v) is 10.7. The Morgan fingerprint density at radius 2 is 1.08 bits per heavy atom. The number of rotatable bonds is 12. The van der Waals surface area contributed by atoms with Crippen LogP contribution in [-0.2, 0) is 33.4 Å². The van der Waals surface area contributed by atoms with Crippen LogP contribution in [0.3, 0.4) is 0 Å². The van der Waals surface area contributed by atoms with Gasteiger partial charge in [0.25, 0.3) is 5.89 Å². The highest BCUT2D eigenvalue weighted by Gasteiger charge is 2.31. The first kappa shape index (κ1) is 50.4. The Bertz CT molecular complexity index is 2670. The number of hydrogen-bond acceptors (Lipinski definition) is 13. The molecule has 66 heavy (non-hydrogen) atoms. The van der Waals surface area contributed by atoms with E-state index in [9.17, 15) is 19.2 Å². The Morgan fingerprint density at radius 3 is 1.45 bits per heavy atom. The van der Waals surface area contributed by atoms with Gasteiger partial charge in [0, 0.05) is 48.0 Å². The summed E-state index contributed by atoms with van der Waals surface area (Å²) in [5.74, 6) is 0.924. The summed E-state index contributed by atoms with van der Waals surface area (Å²) in [6.45, 7) is 16.2. The van der Waals surface area contributed by atoms with Crippen LogP contribution in [0.15, 0.2) is 82.1 Å². The molecular formula is C49H58ClN9O7. The summed E-state index contributed by atoms with van der Waals surface area (Å²) in [7, 11) is 0. The van der Waals surface area contributed by atoms with Crippen molar-refractivity contribution in [2.45, 2.75) is 111 Å². The molecule has 0 spiro atoms. The van der Waals surface area contributed by atoms with Crippen molar-refractivity contribution in [3.8, 4) is 22.3 Å². The van der Waals surface area contributed by atoms with Crippen LogP contribution in [0.25, 0.3) is 22.3 Å². The number of Topliss-reactive ketones (excluding diaryl/α,β-unsaturated/α-hetero) is 1. The molecular weight excluding hydrogens is 862 g/mol. The average molecular weight is 921 g/mol. The molecule has 16 nitrogen and oxygen atoms in total. The Hall–Kier alpha value is -6.65. The van der Waals surface area contributed by atoms with Gasteiger partial charge in [0.1, 0.15) is 11.6 Å². The Balaban J connectivity index is 0.000000206. The number of aromatic nitrogens is 6. The first-order chi connectivity index (χ1) is 30.8. The van der Waals surface area contributed by atoms with Gasteiger partial charge >= 0.3 is 11.9 Å². The van der Waals surface area contributed by atoms with Crippen molar-refractivity contribution in [3.05, 3.63) is 119 Å². The second-order valence-corrected chi connectivity index (χ2v) is 18.4. The van der Waals surface area contributed by atoms with Crippen molar-refractivity contribution in [2.24, 2.45) is 17.6 Å². The summed E-state index contributed by atoms with van der Waals surface area (Å²) in [6.07, 6.45) is 8.23. The molecule has 2 aromatic carbocycles. The highest BCUT2D eigenvalue weighted by molar-refractivity contribution is 5.94. The lowest BCUT2D eigenvalue weighted by Crippen LogP contribution is -2.14. The van der Waals surface area contributed by atoms with E-state index in [0.29, 0.717) is 42.7 Å². The summed E-state index contributed by atoms with van der Waals surface area (Å²) < 4.78 is 9.65. The second kappa shape index (κ2) is 21.6. The summed E-state index contributed by atoms with van der Waals surface area (Å²) in [6, 6.07) is 20.0. The van der Waals surface area contributed by atoms with E-state index in [0.717, 1.165) is 64.6 Å². The van der Waals surface area contributed by atoms with E-state index in [1.54, 1.807) is 12.4 Å². The van der Waals surface area contributed by atoms with Gasteiger partial charge in [-0.3, -0.25) is 14.4 Å². The second-order valence-electron chi connectivity index (χ2n) is 18.4. The third kappa shape index (κ3) is 13.9. The minimum Gasteiger partial charge on any atom is -0.474 e. The molecule has 5 N–H and O–H groups in total. The van der Waals surface area contributed by atoms with Gasteiger partial charge in [0.15, 0.2) is 11.6 Å². The normalized spacial score (nSPS) is 13.2. The lowest BCUT2D eigenvalue weighted by Gasteiger charge is -2.11. The van der Waals surface area contributed by atoms with Crippen molar-refractivity contribution in [1.82, 2.24) is 30.2 Å². The fraction of sp³-hybridized carbons (Fsp3) is 0.388. The smallest absolute Gasteiger partial charge is 0.394 e. The van der Waals surface area contributed by atoms with Gasteiger partial charge in [-0.25, -0.2) is 14.8 Å². The molecule has 4 aromatic heterocycles. The number of carbonyl (C=O) groups excluding carboxylic acids is 3. The number of nitrogens with two attached hydrogens (primary N) is 1. The highest BCUT2D eigenvalue weighted by atomic mass is 35.5. The van der Waals surface area contributed by atoms with Gasteiger partial charge in [-0.05, 0) is 115 Å². The number of hydrogen-bond donors (Lipinski definition) is 4. The summed E-state index contributed by atoms with van der Waals surface area (Å²) >= 11 is 0. The monoisotopic (exact) mass is 919 g/mol. The Morgan fingerprint density at radius 1 is 0.652 bits per heavy atom. The number of carboxylic acid groups (broad SMARTS) is 1. The number of aromatic carboxylic acids is 1. The zero-order valence-corrected chi connectivity index (χ0v) is 39.4. The molecule has 2 saturated carbocycles. The number of carboxylic acids is 1. The fourth-order valence-electron chi connectivity index (χ4n) is 6.38. The number of ketones is 1. The van der Waals surface area contributed by atoms with Crippen LogP contribution in [0, 0.1) is 25.7 Å². The van der Waals surface area contributed by atoms with Crippen molar-refractivity contribution in [2.75, 3.05) is 10.6 Å². The molecule has 2 amide bonds. The first-order valence-corrected chi connectivity index (χ1v) is 21.7. The highest BCUT2D eigenvalue weighted by Crippen LogP contribution is 2.32. The molecule has 2 fully saturated rings. The molecule has 0 atom stereocenters. The first-order valence-electron chi connectivity index (χ1n) is 21.7. The van der Waals surface area contributed by atoms with E-state index in [-0.39, 0.29) is 64.5 Å². The molecule has 2 aliphatic carbocycles. The molecule has 0 bridgehead atoms. The maximum Gasteiger partial charge on any atom is 0.394 e. The van der Waals surface area contributed by atoms with E-state index < -0.39 is 5.97 Å². The predicted octanol–water partition coefficient (Wildman–Crippen LogP) is 9.25. The lowest BCUT2D eigenvalue weighted by atomic mass is 9.96. The van der Waals surface area contributed by atoms with Gasteiger partial charge in [-0.2, -0.15) is 9.97 Å². The molecule has 2 aliphatic rings. The predicted molar refractivity (Wildman–Crippen MR) is 252 cm³/mol. The zero-order chi connectivity index (χ0) is 47.1. The number of aryl methyl sites for hydroxylation is 3. The van der Waals surface area contributed by atoms with E-state index in [4.69, 9.17) is 15.4 Å². The topological polar surface area (TPSA) is 242 Å². The number of halogens is 1. The van der Waals surface area contributed by atoms with E-state index in [1.165, 1.54) is 5.56 Å². The lowest BCUT2D eigenvalue weighted by molar-refractivity contribution is -0.118. The van der Waals surface area contributed by atoms with Gasteiger partial charge < -0.3 is 30.5 Å². The minimum absolute atomic E-state index is 0. The molecule has 0 aliphatic heterocycles. The molecule has 8 rings (SSSR count). The molecule has 0 radical (unpaired) electrons. The van der Waals surface area contributed by atoms with Gasteiger partial charge in [0.05, 0.1) is 0 Å². The van der Waals surface area contributed by atoms with E-state index in [1.807, 2.05) is 90.9 Å². The van der Waals surface area contributed by atoms with Crippen LogP contribution < -0.4 is 16.4 Å². The maximum absolute atomic E-state index is 12.5. The molecule has 4 heterocycles. The molecule has 348 valence electrons. The van der Waals surface area contributed by atoms with Gasteiger partial charge in [0.2, 0.25) is 17.6 Å². The molecule has 0 saturated heterocycles. The van der Waals surface area contributed by atoms with Crippen molar-refractivity contribution in [1.29, 1.82) is 0 Å². The molecule has 6 aromatic rings. The number of benzene rings is 2. The standard InChI is InChI=1S/C25H28N4O3.C17H19N3O.C7H10N2O3.ClH/c1-15-13-18(19-11-12-26-21(14-19)27-22(31)17-6-7-17)8-5-16(15)9-10-20(30)23-28-24(29-32-23)25(2,3)4;1-11-8-13(4-5-15(11)10-18)14-6-7-19-16(9-14)20-17(21)12-2-3-12;1-7(2,3)6-8-4(5(10)11)12-9-6;/h5,8,11-14,17H,6-7,9-10H2,1-4H3,(H,26,27,31);4-9,12H,2-3,10,18H2,1H3,(H,19,20,21);1-3H3,(H,10,11);1H. The largest absolute Gasteiger partial charge is 0.474 e. The zero-order valence-electron chi connectivity index (χ0n) is 38.6. The number of nitrogens with one attached hydrogen (secondary N) is 2. The Kier molecular flexibility index (Phi) is 16.4. The van der Waals surface area contributed by atoms with Crippen molar-refractivity contribution in [3.63, 3.8) is 0 Å². The number of pyridine rings is 2. The fourth-order valence-corrected chi connectivity index (χ4v) is 6.38. The number of carbonyl (C=O) groups is 4. The average Bonchev–Trinajstić information content (AvgIpc) is 4.19. The SMILES string of the molecule is CC(C)(C)c1noc(C(=O)O)n1.Cc1cc(-c2ccnc(NC(=O)C3CC3)c2)ccc1CCC(=O)c1nc(C(C)(C)C)no1.Cc1cc(-c2ccnc(NC(=O)C3CC3)c2)ccc1CN.Cl. The van der Waals surface area contributed by atoms with Crippen LogP contribution in [0.2, 0.25) is 0 Å².